The molecule has 82 valence electrons. The Balaban J connectivity index is 1.67. The van der Waals surface area contributed by atoms with Gasteiger partial charge >= 0.3 is 0 Å². The molecule has 0 unspecified atom stereocenters. The summed E-state index contributed by atoms with van der Waals surface area (Å²) in [6.07, 6.45) is 3.76. The monoisotopic (exact) mass is 244 g/mol. The second kappa shape index (κ2) is 5.10. The molecule has 4 heteroatoms. The number of thiophene rings is 1. The number of ketones is 1. The zero-order valence-electron chi connectivity index (χ0n) is 8.37. The van der Waals surface area contributed by atoms with Crippen molar-refractivity contribution in [3.63, 3.8) is 0 Å². The molecule has 1 aliphatic rings. The van der Waals surface area contributed by atoms with Gasteiger partial charge in [-0.3, -0.25) is 4.79 Å². The Morgan fingerprint density at radius 1 is 1.53 bits per heavy atom. The Bertz CT molecular complexity index is 344. The summed E-state index contributed by atoms with van der Waals surface area (Å²) >= 11 is 7.05. The fourth-order valence-corrected chi connectivity index (χ4v) is 2.32. The van der Waals surface area contributed by atoms with Crippen molar-refractivity contribution in [1.82, 2.24) is 0 Å². The fraction of sp³-hybridized carbons (Fsp3) is 0.545. The summed E-state index contributed by atoms with van der Waals surface area (Å²) in [4.78, 5) is 12.2. The third-order valence-electron chi connectivity index (χ3n) is 2.45. The van der Waals surface area contributed by atoms with Crippen molar-refractivity contribution in [2.75, 3.05) is 13.2 Å². The van der Waals surface area contributed by atoms with Crippen LogP contribution in [0.15, 0.2) is 12.1 Å². The van der Waals surface area contributed by atoms with Gasteiger partial charge in [0.25, 0.3) is 0 Å². The van der Waals surface area contributed by atoms with Crippen LogP contribution in [0.25, 0.3) is 0 Å². The maximum atomic E-state index is 11.5. The smallest absolute Gasteiger partial charge is 0.198 e. The molecule has 1 aromatic rings. The predicted octanol–water partition coefficient (Wildman–Crippen LogP) is 3.40. The molecule has 2 rings (SSSR count). The number of carbonyl (C=O) groups is 1. The second-order valence-electron chi connectivity index (χ2n) is 3.81. The van der Waals surface area contributed by atoms with Gasteiger partial charge in [-0.2, -0.15) is 0 Å². The molecular weight excluding hydrogens is 232 g/mol. The third kappa shape index (κ3) is 3.59. The Kier molecular flexibility index (Phi) is 3.78. The summed E-state index contributed by atoms with van der Waals surface area (Å²) in [6, 6.07) is 3.49. The second-order valence-corrected chi connectivity index (χ2v) is 5.53. The molecule has 0 amide bonds. The van der Waals surface area contributed by atoms with E-state index >= 15 is 0 Å². The van der Waals surface area contributed by atoms with Crippen molar-refractivity contribution in [3.05, 3.63) is 21.3 Å². The van der Waals surface area contributed by atoms with Crippen LogP contribution in [-0.2, 0) is 4.74 Å². The fourth-order valence-electron chi connectivity index (χ4n) is 1.36. The third-order valence-corrected chi connectivity index (χ3v) is 3.72. The lowest BCUT2D eigenvalue weighted by Crippen LogP contribution is -2.08. The summed E-state index contributed by atoms with van der Waals surface area (Å²) in [5.74, 6) is 0.888. The molecule has 1 aliphatic carbocycles. The minimum Gasteiger partial charge on any atom is -0.373 e. The van der Waals surface area contributed by atoms with Crippen molar-refractivity contribution in [3.8, 4) is 0 Å². The van der Waals surface area contributed by atoms with Gasteiger partial charge in [-0.05, 0) is 24.5 Å². The number of hydrogen-bond donors (Lipinski definition) is 0. The van der Waals surface area contributed by atoms with Gasteiger partial charge < -0.3 is 4.74 Å². The quantitative estimate of drug-likeness (QED) is 0.566. The van der Waals surface area contributed by atoms with Gasteiger partial charge in [-0.1, -0.05) is 24.4 Å². The summed E-state index contributed by atoms with van der Waals surface area (Å²) in [5.41, 5.74) is 0. The van der Waals surface area contributed by atoms with Gasteiger partial charge in [0, 0.05) is 6.61 Å². The standard InChI is InChI=1S/C11H13ClO2S/c12-11-4-3-10(15-11)9(13)7-14-6-5-8-1-2-8/h3-4,8H,1-2,5-7H2. The molecule has 0 aliphatic heterocycles. The number of rotatable bonds is 6. The molecule has 0 N–H and O–H groups in total. The average molecular weight is 245 g/mol. The van der Waals surface area contributed by atoms with Crippen LogP contribution in [0.4, 0.5) is 0 Å². The highest BCUT2D eigenvalue weighted by molar-refractivity contribution is 7.18. The number of halogens is 1. The molecule has 0 spiro atoms. The number of Topliss-reactive ketones (excluding diaryl/α,β-unsaturated/α-hetero) is 1. The summed E-state index contributed by atoms with van der Waals surface area (Å²) in [5, 5.41) is 0. The first-order chi connectivity index (χ1) is 7.25. The van der Waals surface area contributed by atoms with E-state index in [1.165, 1.54) is 24.2 Å². The van der Waals surface area contributed by atoms with Gasteiger partial charge in [0.15, 0.2) is 5.78 Å². The lowest BCUT2D eigenvalue weighted by atomic mass is 10.3. The molecule has 1 aromatic heterocycles. The van der Waals surface area contributed by atoms with Crippen molar-refractivity contribution in [2.24, 2.45) is 5.92 Å². The van der Waals surface area contributed by atoms with E-state index in [0.717, 1.165) is 12.3 Å². The van der Waals surface area contributed by atoms with Crippen molar-refractivity contribution >= 4 is 28.7 Å². The van der Waals surface area contributed by atoms with Crippen LogP contribution in [0.2, 0.25) is 4.34 Å². The molecule has 0 radical (unpaired) electrons. The molecule has 1 fully saturated rings. The molecule has 1 saturated carbocycles. The first-order valence-electron chi connectivity index (χ1n) is 5.12. The van der Waals surface area contributed by atoms with E-state index < -0.39 is 0 Å². The molecule has 0 aromatic carbocycles. The number of carbonyl (C=O) groups excluding carboxylic acids is 1. The van der Waals surface area contributed by atoms with E-state index in [1.807, 2.05) is 0 Å². The molecule has 0 bridgehead atoms. The minimum atomic E-state index is 0.0303. The number of hydrogen-bond acceptors (Lipinski definition) is 3. The van der Waals surface area contributed by atoms with Crippen molar-refractivity contribution < 1.29 is 9.53 Å². The van der Waals surface area contributed by atoms with Gasteiger partial charge in [-0.25, -0.2) is 0 Å². The van der Waals surface area contributed by atoms with Crippen LogP contribution >= 0.6 is 22.9 Å². The zero-order valence-corrected chi connectivity index (χ0v) is 9.94. The Hall–Kier alpha value is -0.380. The molecule has 15 heavy (non-hydrogen) atoms. The van der Waals surface area contributed by atoms with Crippen LogP contribution in [-0.4, -0.2) is 19.0 Å². The number of ether oxygens (including phenoxy) is 1. The Labute approximate surface area is 98.2 Å². The normalized spacial score (nSPS) is 15.5. The molecule has 0 saturated heterocycles. The highest BCUT2D eigenvalue weighted by atomic mass is 35.5. The summed E-state index contributed by atoms with van der Waals surface area (Å²) in [7, 11) is 0. The first kappa shape index (κ1) is 11.1. The van der Waals surface area contributed by atoms with E-state index in [1.54, 1.807) is 12.1 Å². The van der Waals surface area contributed by atoms with E-state index in [4.69, 9.17) is 16.3 Å². The van der Waals surface area contributed by atoms with Gasteiger partial charge in [0.2, 0.25) is 0 Å². The van der Waals surface area contributed by atoms with Crippen molar-refractivity contribution in [1.29, 1.82) is 0 Å². The highest BCUT2D eigenvalue weighted by Crippen LogP contribution is 2.32. The van der Waals surface area contributed by atoms with Crippen LogP contribution in [0.1, 0.15) is 28.9 Å². The Morgan fingerprint density at radius 3 is 2.93 bits per heavy atom. The van der Waals surface area contributed by atoms with Gasteiger partial charge in [-0.15, -0.1) is 11.3 Å². The maximum Gasteiger partial charge on any atom is 0.198 e. The van der Waals surface area contributed by atoms with Crippen LogP contribution in [0.5, 0.6) is 0 Å². The SMILES string of the molecule is O=C(COCCC1CC1)c1ccc(Cl)s1. The molecule has 2 nitrogen and oxygen atoms in total. The zero-order chi connectivity index (χ0) is 10.7. The van der Waals surface area contributed by atoms with E-state index in [-0.39, 0.29) is 12.4 Å². The largest absolute Gasteiger partial charge is 0.373 e. The van der Waals surface area contributed by atoms with Crippen LogP contribution < -0.4 is 0 Å². The van der Waals surface area contributed by atoms with Gasteiger partial charge in [0.05, 0.1) is 9.21 Å². The highest BCUT2D eigenvalue weighted by Gasteiger charge is 2.20. The van der Waals surface area contributed by atoms with Crippen LogP contribution in [0, 0.1) is 5.92 Å². The maximum absolute atomic E-state index is 11.5. The lowest BCUT2D eigenvalue weighted by Gasteiger charge is -2.00. The summed E-state index contributed by atoms with van der Waals surface area (Å²) in [6.45, 7) is 0.888. The Morgan fingerprint density at radius 2 is 2.33 bits per heavy atom. The van der Waals surface area contributed by atoms with E-state index in [0.29, 0.717) is 15.8 Å². The lowest BCUT2D eigenvalue weighted by molar-refractivity contribution is 0.0752. The minimum absolute atomic E-state index is 0.0303. The van der Waals surface area contributed by atoms with E-state index in [2.05, 4.69) is 0 Å². The summed E-state index contributed by atoms with van der Waals surface area (Å²) < 4.78 is 5.97. The molecule has 1 heterocycles. The van der Waals surface area contributed by atoms with Gasteiger partial charge in [0.1, 0.15) is 6.61 Å². The van der Waals surface area contributed by atoms with E-state index in [9.17, 15) is 4.79 Å². The molecule has 0 atom stereocenters. The van der Waals surface area contributed by atoms with Crippen LogP contribution in [0.3, 0.4) is 0 Å². The average Bonchev–Trinajstić information content (AvgIpc) is 2.94. The topological polar surface area (TPSA) is 26.3 Å². The molecular formula is C11H13ClO2S. The van der Waals surface area contributed by atoms with Crippen molar-refractivity contribution in [2.45, 2.75) is 19.3 Å². The predicted molar refractivity (Wildman–Crippen MR) is 61.8 cm³/mol. The first-order valence-corrected chi connectivity index (χ1v) is 6.31.